The fourth-order valence-corrected chi connectivity index (χ4v) is 2.13. The van der Waals surface area contributed by atoms with Crippen LogP contribution in [-0.4, -0.2) is 16.2 Å². The Hall–Kier alpha value is -1.29. The molecule has 2 N–H and O–H groups in total. The summed E-state index contributed by atoms with van der Waals surface area (Å²) in [6, 6.07) is 1.78. The molecule has 82 valence electrons. The number of aliphatic hydroxyl groups is 1. The summed E-state index contributed by atoms with van der Waals surface area (Å²) < 4.78 is 5.50. The topological polar surface area (TPSA) is 70.7 Å². The van der Waals surface area contributed by atoms with Gasteiger partial charge in [0.15, 0.2) is 0 Å². The normalized spacial score (nSPS) is 24.1. The number of carboxylic acids is 1. The number of aryl methyl sites for hydroxylation is 2. The van der Waals surface area contributed by atoms with Crippen LogP contribution >= 0.6 is 0 Å². The monoisotopic (exact) mass is 210 g/mol. The van der Waals surface area contributed by atoms with Gasteiger partial charge in [0.25, 0.3) is 0 Å². The van der Waals surface area contributed by atoms with E-state index in [4.69, 9.17) is 9.52 Å². The quantitative estimate of drug-likeness (QED) is 0.792. The molecule has 0 saturated heterocycles. The molecular formula is C11H14O4. The van der Waals surface area contributed by atoms with Crippen molar-refractivity contribution in [2.24, 2.45) is 0 Å². The molecule has 1 heterocycles. The standard InChI is InChI=1S/C11H14O4/c1-2-7-5-8-9(15-7)3-4-11(8,14)6-10(12)13/h5,14H,2-4,6H2,1H3,(H,12,13). The average Bonchev–Trinajstić information content (AvgIpc) is 2.67. The van der Waals surface area contributed by atoms with Crippen molar-refractivity contribution in [3.05, 3.63) is 23.2 Å². The van der Waals surface area contributed by atoms with Gasteiger partial charge in [0.2, 0.25) is 0 Å². The van der Waals surface area contributed by atoms with Gasteiger partial charge in [0.1, 0.15) is 17.1 Å². The first-order valence-corrected chi connectivity index (χ1v) is 5.11. The summed E-state index contributed by atoms with van der Waals surface area (Å²) in [6.07, 6.45) is 1.58. The maximum absolute atomic E-state index is 10.7. The molecule has 0 saturated carbocycles. The zero-order chi connectivity index (χ0) is 11.1. The van der Waals surface area contributed by atoms with Gasteiger partial charge in [-0.15, -0.1) is 0 Å². The van der Waals surface area contributed by atoms with Crippen LogP contribution in [0.15, 0.2) is 10.5 Å². The molecule has 0 bridgehead atoms. The summed E-state index contributed by atoms with van der Waals surface area (Å²) in [7, 11) is 0. The van der Waals surface area contributed by atoms with Crippen LogP contribution in [0.2, 0.25) is 0 Å². The largest absolute Gasteiger partial charge is 0.481 e. The highest BCUT2D eigenvalue weighted by Gasteiger charge is 2.41. The fraction of sp³-hybridized carbons (Fsp3) is 0.545. The van der Waals surface area contributed by atoms with Gasteiger partial charge in [-0.2, -0.15) is 0 Å². The number of hydrogen-bond donors (Lipinski definition) is 2. The second kappa shape index (κ2) is 3.38. The van der Waals surface area contributed by atoms with Crippen LogP contribution in [0.5, 0.6) is 0 Å². The van der Waals surface area contributed by atoms with Crippen molar-refractivity contribution < 1.29 is 19.4 Å². The molecule has 0 amide bonds. The minimum absolute atomic E-state index is 0.247. The van der Waals surface area contributed by atoms with Crippen LogP contribution in [0.4, 0.5) is 0 Å². The molecule has 1 aromatic heterocycles. The lowest BCUT2D eigenvalue weighted by Crippen LogP contribution is -2.25. The zero-order valence-electron chi connectivity index (χ0n) is 8.62. The van der Waals surface area contributed by atoms with Crippen molar-refractivity contribution >= 4 is 5.97 Å². The van der Waals surface area contributed by atoms with E-state index < -0.39 is 11.6 Å². The summed E-state index contributed by atoms with van der Waals surface area (Å²) in [5.41, 5.74) is -0.556. The first kappa shape index (κ1) is 10.2. The third-order valence-electron chi connectivity index (χ3n) is 2.92. The van der Waals surface area contributed by atoms with Gasteiger partial charge in [0.05, 0.1) is 6.42 Å². The van der Waals surface area contributed by atoms with E-state index in [1.165, 1.54) is 0 Å². The number of hydrogen-bond acceptors (Lipinski definition) is 3. The Labute approximate surface area is 87.5 Å². The lowest BCUT2D eigenvalue weighted by Gasteiger charge is -2.19. The number of furan rings is 1. The van der Waals surface area contributed by atoms with Crippen LogP contribution in [0.25, 0.3) is 0 Å². The highest BCUT2D eigenvalue weighted by molar-refractivity contribution is 5.69. The van der Waals surface area contributed by atoms with Gasteiger partial charge in [-0.3, -0.25) is 4.79 Å². The number of aliphatic carboxylic acids is 1. The van der Waals surface area contributed by atoms with Crippen molar-refractivity contribution in [2.45, 2.75) is 38.2 Å². The van der Waals surface area contributed by atoms with E-state index in [0.29, 0.717) is 18.4 Å². The second-order valence-electron chi connectivity index (χ2n) is 4.01. The van der Waals surface area contributed by atoms with E-state index >= 15 is 0 Å². The second-order valence-corrected chi connectivity index (χ2v) is 4.01. The first-order chi connectivity index (χ1) is 7.05. The molecule has 0 aliphatic heterocycles. The highest BCUT2D eigenvalue weighted by atomic mass is 16.4. The Morgan fingerprint density at radius 1 is 1.67 bits per heavy atom. The average molecular weight is 210 g/mol. The van der Waals surface area contributed by atoms with Crippen LogP contribution < -0.4 is 0 Å². The summed E-state index contributed by atoms with van der Waals surface area (Å²) in [6.45, 7) is 1.96. The molecule has 0 spiro atoms. The Morgan fingerprint density at radius 2 is 2.40 bits per heavy atom. The van der Waals surface area contributed by atoms with Gasteiger partial charge in [-0.05, 0) is 12.5 Å². The van der Waals surface area contributed by atoms with Gasteiger partial charge in [0, 0.05) is 18.4 Å². The number of rotatable bonds is 3. The minimum Gasteiger partial charge on any atom is -0.481 e. The van der Waals surface area contributed by atoms with Gasteiger partial charge in [-0.25, -0.2) is 0 Å². The number of carbonyl (C=O) groups is 1. The SMILES string of the molecule is CCc1cc2c(o1)CCC2(O)CC(=O)O. The predicted molar refractivity (Wildman–Crippen MR) is 52.6 cm³/mol. The molecule has 4 nitrogen and oxygen atoms in total. The molecule has 1 unspecified atom stereocenters. The Morgan fingerprint density at radius 3 is 3.00 bits per heavy atom. The molecule has 2 rings (SSSR count). The highest BCUT2D eigenvalue weighted by Crippen LogP contribution is 2.41. The molecule has 4 heteroatoms. The summed E-state index contributed by atoms with van der Waals surface area (Å²) in [5.74, 6) is 0.573. The maximum Gasteiger partial charge on any atom is 0.306 e. The number of carboxylic acid groups (broad SMARTS) is 1. The minimum atomic E-state index is -1.22. The molecule has 0 aromatic carbocycles. The Bertz CT molecular complexity index is 393. The molecule has 1 aromatic rings. The summed E-state index contributed by atoms with van der Waals surface area (Å²) in [4.78, 5) is 10.7. The lowest BCUT2D eigenvalue weighted by molar-refractivity contribution is -0.142. The van der Waals surface area contributed by atoms with Crippen LogP contribution in [0, 0.1) is 0 Å². The van der Waals surface area contributed by atoms with Crippen molar-refractivity contribution in [2.75, 3.05) is 0 Å². The molecule has 1 atom stereocenters. The number of fused-ring (bicyclic) bond motifs is 1. The molecule has 1 aliphatic carbocycles. The lowest BCUT2D eigenvalue weighted by atomic mass is 9.93. The third kappa shape index (κ3) is 1.65. The molecular weight excluding hydrogens is 196 g/mol. The molecule has 0 fully saturated rings. The van der Waals surface area contributed by atoms with Crippen molar-refractivity contribution in [3.8, 4) is 0 Å². The van der Waals surface area contributed by atoms with Crippen molar-refractivity contribution in [1.82, 2.24) is 0 Å². The first-order valence-electron chi connectivity index (χ1n) is 5.11. The van der Waals surface area contributed by atoms with E-state index in [1.54, 1.807) is 6.07 Å². The van der Waals surface area contributed by atoms with E-state index in [-0.39, 0.29) is 6.42 Å². The van der Waals surface area contributed by atoms with E-state index in [9.17, 15) is 9.90 Å². The van der Waals surface area contributed by atoms with Crippen molar-refractivity contribution in [3.63, 3.8) is 0 Å². The fourth-order valence-electron chi connectivity index (χ4n) is 2.13. The summed E-state index contributed by atoms with van der Waals surface area (Å²) in [5, 5.41) is 18.9. The Balaban J connectivity index is 2.33. The van der Waals surface area contributed by atoms with E-state index in [0.717, 1.165) is 17.9 Å². The Kier molecular flexibility index (Phi) is 2.31. The van der Waals surface area contributed by atoms with E-state index in [1.807, 2.05) is 6.92 Å². The van der Waals surface area contributed by atoms with E-state index in [2.05, 4.69) is 0 Å². The van der Waals surface area contributed by atoms with Gasteiger partial charge < -0.3 is 14.6 Å². The smallest absolute Gasteiger partial charge is 0.306 e. The molecule has 15 heavy (non-hydrogen) atoms. The zero-order valence-corrected chi connectivity index (χ0v) is 8.62. The van der Waals surface area contributed by atoms with Crippen LogP contribution in [0.3, 0.4) is 0 Å². The van der Waals surface area contributed by atoms with Gasteiger partial charge >= 0.3 is 5.97 Å². The van der Waals surface area contributed by atoms with Crippen molar-refractivity contribution in [1.29, 1.82) is 0 Å². The third-order valence-corrected chi connectivity index (χ3v) is 2.92. The predicted octanol–water partition coefficient (Wildman–Crippen LogP) is 1.45. The maximum atomic E-state index is 10.7. The van der Waals surface area contributed by atoms with Gasteiger partial charge in [-0.1, -0.05) is 6.92 Å². The molecule has 0 radical (unpaired) electrons. The molecule has 1 aliphatic rings. The van der Waals surface area contributed by atoms with Crippen LogP contribution in [0.1, 0.15) is 36.8 Å². The summed E-state index contributed by atoms with van der Waals surface area (Å²) >= 11 is 0. The van der Waals surface area contributed by atoms with Crippen LogP contribution in [-0.2, 0) is 23.2 Å².